The van der Waals surface area contributed by atoms with E-state index in [2.05, 4.69) is 187 Å². The van der Waals surface area contributed by atoms with Crippen molar-refractivity contribution in [3.63, 3.8) is 0 Å². The fourth-order valence-corrected chi connectivity index (χ4v) is 7.22. The highest BCUT2D eigenvalue weighted by Gasteiger charge is 2.36. The molecule has 0 fully saturated rings. The zero-order valence-corrected chi connectivity index (χ0v) is 28.7. The molecule has 1 aliphatic carbocycles. The average molecular weight is 656 g/mol. The third kappa shape index (κ3) is 6.09. The lowest BCUT2D eigenvalue weighted by atomic mass is 9.81. The van der Waals surface area contributed by atoms with E-state index < -0.39 is 0 Å². The predicted octanol–water partition coefficient (Wildman–Crippen LogP) is 13.0. The monoisotopic (exact) mass is 655 g/mol. The summed E-state index contributed by atoms with van der Waals surface area (Å²) in [7, 11) is 0. The fraction of sp³-hybridized carbons (Fsp3) is 0.0625. The van der Waals surface area contributed by atoms with Gasteiger partial charge in [0.2, 0.25) is 0 Å². The van der Waals surface area contributed by atoms with Crippen LogP contribution in [0, 0.1) is 11.3 Å². The first-order valence-corrected chi connectivity index (χ1v) is 17.3. The molecular weight excluding hydrogens is 619 g/mol. The largest absolute Gasteiger partial charge is 0.311 e. The summed E-state index contributed by atoms with van der Waals surface area (Å²) >= 11 is 0. The lowest BCUT2D eigenvalue weighted by Gasteiger charge is -2.28. The van der Waals surface area contributed by atoms with Gasteiger partial charge in [0, 0.05) is 39.5 Å². The molecule has 0 N–H and O–H groups in total. The summed E-state index contributed by atoms with van der Waals surface area (Å²) in [6, 6.07) is 63.9. The van der Waals surface area contributed by atoms with Crippen molar-refractivity contribution >= 4 is 46.3 Å². The van der Waals surface area contributed by atoms with E-state index in [4.69, 9.17) is 0 Å². The van der Waals surface area contributed by atoms with Gasteiger partial charge in [0.1, 0.15) is 0 Å². The Bertz CT molecular complexity index is 2330. The first-order valence-electron chi connectivity index (χ1n) is 17.3. The third-order valence-corrected chi connectivity index (χ3v) is 9.86. The summed E-state index contributed by atoms with van der Waals surface area (Å²) in [6.45, 7) is 4.65. The minimum absolute atomic E-state index is 0.183. The average Bonchev–Trinajstić information content (AvgIpc) is 3.41. The van der Waals surface area contributed by atoms with Gasteiger partial charge in [0.05, 0.1) is 11.6 Å². The van der Waals surface area contributed by atoms with Crippen molar-refractivity contribution < 1.29 is 0 Å². The second-order valence-corrected chi connectivity index (χ2v) is 13.4. The van der Waals surface area contributed by atoms with Crippen LogP contribution in [0.25, 0.3) is 23.3 Å². The van der Waals surface area contributed by atoms with Gasteiger partial charge in [0.25, 0.3) is 0 Å². The number of nitrogens with zero attached hydrogens (tertiary/aromatic N) is 3. The van der Waals surface area contributed by atoms with Crippen molar-refractivity contribution in [2.24, 2.45) is 0 Å². The van der Waals surface area contributed by atoms with Crippen molar-refractivity contribution in [1.29, 1.82) is 5.26 Å². The smallest absolute Gasteiger partial charge is 0.0991 e. The molecule has 244 valence electrons. The van der Waals surface area contributed by atoms with Crippen molar-refractivity contribution in [2.45, 2.75) is 19.3 Å². The molecule has 0 spiro atoms. The zero-order chi connectivity index (χ0) is 34.8. The summed E-state index contributed by atoms with van der Waals surface area (Å²) in [5.41, 5.74) is 14.5. The summed E-state index contributed by atoms with van der Waals surface area (Å²) in [5.74, 6) is 0. The summed E-state index contributed by atoms with van der Waals surface area (Å²) in [6.07, 6.45) is 4.41. The van der Waals surface area contributed by atoms with Crippen LogP contribution in [0.2, 0.25) is 0 Å². The van der Waals surface area contributed by atoms with Crippen LogP contribution in [0.4, 0.5) is 34.1 Å². The molecular formula is C48H37N3. The minimum Gasteiger partial charge on any atom is -0.311 e. The van der Waals surface area contributed by atoms with Crippen LogP contribution in [0.15, 0.2) is 176 Å². The molecule has 0 heterocycles. The van der Waals surface area contributed by atoms with Gasteiger partial charge in [-0.1, -0.05) is 117 Å². The minimum atomic E-state index is -0.183. The molecule has 0 atom stereocenters. The van der Waals surface area contributed by atoms with Crippen LogP contribution >= 0.6 is 0 Å². The van der Waals surface area contributed by atoms with Crippen molar-refractivity contribution in [3.8, 4) is 17.2 Å². The molecule has 3 nitrogen and oxygen atoms in total. The number of fused-ring (bicyclic) bond motifs is 3. The second kappa shape index (κ2) is 13.3. The standard InChI is InChI=1S/C48H37N3/c1-48(2)46-32-36(19-18-35-20-25-41(26-21-35)50(38-12-6-3-7-13-38)39-14-8-4-9-15-39)24-30-44(46)45-31-29-43(33-47(45)48)51(40-16-10-5-11-17-40)42-27-22-37(34-49)23-28-42/h3-33H,1-2H3/b19-18+. The Labute approximate surface area is 300 Å². The van der Waals surface area contributed by atoms with Crippen molar-refractivity contribution in [1.82, 2.24) is 0 Å². The van der Waals surface area contributed by atoms with Gasteiger partial charge < -0.3 is 9.80 Å². The van der Waals surface area contributed by atoms with Crippen LogP contribution in [-0.4, -0.2) is 0 Å². The first kappa shape index (κ1) is 31.6. The Morgan fingerprint density at radius 1 is 0.431 bits per heavy atom. The molecule has 7 aromatic carbocycles. The topological polar surface area (TPSA) is 30.3 Å². The number of para-hydroxylation sites is 3. The molecule has 0 saturated carbocycles. The Balaban J connectivity index is 1.08. The van der Waals surface area contributed by atoms with E-state index in [1.165, 1.54) is 27.8 Å². The molecule has 8 rings (SSSR count). The molecule has 1 aliphatic rings. The van der Waals surface area contributed by atoms with Gasteiger partial charge in [-0.25, -0.2) is 0 Å². The maximum Gasteiger partial charge on any atom is 0.0991 e. The first-order chi connectivity index (χ1) is 25.0. The Morgan fingerprint density at radius 2 is 0.824 bits per heavy atom. The molecule has 0 bridgehead atoms. The van der Waals surface area contributed by atoms with Gasteiger partial charge in [-0.2, -0.15) is 5.26 Å². The normalized spacial score (nSPS) is 12.6. The quantitative estimate of drug-likeness (QED) is 0.153. The summed E-state index contributed by atoms with van der Waals surface area (Å²) in [5, 5.41) is 9.39. The molecule has 51 heavy (non-hydrogen) atoms. The maximum atomic E-state index is 9.39. The van der Waals surface area contributed by atoms with Crippen LogP contribution in [0.1, 0.15) is 41.7 Å². The highest BCUT2D eigenvalue weighted by atomic mass is 15.1. The number of rotatable bonds is 8. The van der Waals surface area contributed by atoms with E-state index in [-0.39, 0.29) is 5.41 Å². The third-order valence-electron chi connectivity index (χ3n) is 9.86. The molecule has 3 heteroatoms. The number of hydrogen-bond acceptors (Lipinski definition) is 3. The van der Waals surface area contributed by atoms with Crippen LogP contribution in [0.5, 0.6) is 0 Å². The maximum absolute atomic E-state index is 9.39. The molecule has 0 aromatic heterocycles. The second-order valence-electron chi connectivity index (χ2n) is 13.4. The predicted molar refractivity (Wildman–Crippen MR) is 213 cm³/mol. The van der Waals surface area contributed by atoms with Gasteiger partial charge in [0.15, 0.2) is 0 Å². The van der Waals surface area contributed by atoms with E-state index >= 15 is 0 Å². The van der Waals surface area contributed by atoms with E-state index in [9.17, 15) is 5.26 Å². The van der Waals surface area contributed by atoms with Crippen LogP contribution in [-0.2, 0) is 5.41 Å². The number of benzene rings is 7. The summed E-state index contributed by atoms with van der Waals surface area (Å²) < 4.78 is 0. The molecule has 0 unspecified atom stereocenters. The fourth-order valence-electron chi connectivity index (χ4n) is 7.22. The lowest BCUT2D eigenvalue weighted by Crippen LogP contribution is -2.16. The van der Waals surface area contributed by atoms with Crippen molar-refractivity contribution in [2.75, 3.05) is 9.80 Å². The van der Waals surface area contributed by atoms with Crippen LogP contribution < -0.4 is 9.80 Å². The number of nitriles is 1. The zero-order valence-electron chi connectivity index (χ0n) is 28.7. The van der Waals surface area contributed by atoms with Gasteiger partial charge >= 0.3 is 0 Å². The van der Waals surface area contributed by atoms with Gasteiger partial charge in [-0.05, 0) is 118 Å². The molecule has 0 saturated heterocycles. The van der Waals surface area contributed by atoms with Gasteiger partial charge in [-0.15, -0.1) is 0 Å². The molecule has 0 amide bonds. The molecule has 7 aromatic rings. The van der Waals surface area contributed by atoms with E-state index in [1.54, 1.807) is 0 Å². The number of hydrogen-bond donors (Lipinski definition) is 0. The van der Waals surface area contributed by atoms with Gasteiger partial charge in [-0.3, -0.25) is 0 Å². The SMILES string of the molecule is CC1(C)c2cc(/C=C/c3ccc(N(c4ccccc4)c4ccccc4)cc3)ccc2-c2ccc(N(c3ccccc3)c3ccc(C#N)cc3)cc21. The Kier molecular flexibility index (Phi) is 8.28. The highest BCUT2D eigenvalue weighted by Crippen LogP contribution is 2.51. The van der Waals surface area contributed by atoms with Crippen LogP contribution in [0.3, 0.4) is 0 Å². The Morgan fingerprint density at radius 3 is 1.35 bits per heavy atom. The van der Waals surface area contributed by atoms with E-state index in [0.717, 1.165) is 39.7 Å². The number of anilines is 6. The van der Waals surface area contributed by atoms with E-state index in [0.29, 0.717) is 5.56 Å². The van der Waals surface area contributed by atoms with Crippen molar-refractivity contribution in [3.05, 3.63) is 204 Å². The van der Waals surface area contributed by atoms with E-state index in [1.807, 2.05) is 30.3 Å². The summed E-state index contributed by atoms with van der Waals surface area (Å²) in [4.78, 5) is 4.54. The Hall–Kier alpha value is -6.63. The molecule has 0 aliphatic heterocycles. The molecule has 0 radical (unpaired) electrons. The lowest BCUT2D eigenvalue weighted by molar-refractivity contribution is 0.660. The highest BCUT2D eigenvalue weighted by molar-refractivity contribution is 5.87.